The molecule has 7 nitrogen and oxygen atoms in total. The highest BCUT2D eigenvalue weighted by Crippen LogP contribution is 2.19. The lowest BCUT2D eigenvalue weighted by Gasteiger charge is -2.28. The number of hydrogen-bond acceptors (Lipinski definition) is 5. The second kappa shape index (κ2) is 8.02. The smallest absolute Gasteiger partial charge is 0.302 e. The molecule has 0 aliphatic carbocycles. The lowest BCUT2D eigenvalue weighted by atomic mass is 10.1. The van der Waals surface area contributed by atoms with E-state index in [4.69, 9.17) is 0 Å². The maximum absolute atomic E-state index is 12.6. The number of likely N-dealkylation sites (tertiary alicyclic amines) is 1. The minimum absolute atomic E-state index is 0.434. The van der Waals surface area contributed by atoms with Gasteiger partial charge in [0, 0.05) is 12.8 Å². The first kappa shape index (κ1) is 17.3. The third kappa shape index (κ3) is 4.11. The molecule has 2 saturated heterocycles. The molecule has 0 radical (unpaired) electrons. The molecule has 7 heteroatoms. The van der Waals surface area contributed by atoms with Gasteiger partial charge < -0.3 is 4.90 Å². The number of nitrogens with one attached hydrogen (secondary N) is 1. The van der Waals surface area contributed by atoms with Crippen LogP contribution in [0.2, 0.25) is 0 Å². The van der Waals surface area contributed by atoms with Crippen molar-refractivity contribution in [2.24, 2.45) is 10.9 Å². The number of amides is 4. The van der Waals surface area contributed by atoms with Crippen LogP contribution in [-0.4, -0.2) is 55.1 Å². The van der Waals surface area contributed by atoms with Gasteiger partial charge in [0.05, 0.1) is 12.2 Å². The van der Waals surface area contributed by atoms with Gasteiger partial charge in [0.15, 0.2) is 5.92 Å². The molecule has 0 saturated carbocycles. The maximum atomic E-state index is 12.6. The zero-order chi connectivity index (χ0) is 17.6. The zero-order valence-electron chi connectivity index (χ0n) is 14.1. The molecule has 1 atom stereocenters. The maximum Gasteiger partial charge on any atom is 0.335 e. The summed E-state index contributed by atoms with van der Waals surface area (Å²) in [5.41, 5.74) is 0.434. The average Bonchev–Trinajstić information content (AvgIpc) is 2.62. The molecule has 1 aromatic carbocycles. The Balaban J connectivity index is 1.63. The van der Waals surface area contributed by atoms with E-state index in [1.165, 1.54) is 25.5 Å². The van der Waals surface area contributed by atoms with E-state index in [1.54, 1.807) is 30.3 Å². The van der Waals surface area contributed by atoms with Crippen LogP contribution in [0, 0.1) is 5.92 Å². The number of aliphatic imine (C=N–C) groups is 1. The van der Waals surface area contributed by atoms with Crippen LogP contribution in [0.1, 0.15) is 19.3 Å². The van der Waals surface area contributed by atoms with Gasteiger partial charge in [0.25, 0.3) is 5.91 Å². The van der Waals surface area contributed by atoms with Crippen molar-refractivity contribution in [2.75, 3.05) is 31.1 Å². The van der Waals surface area contributed by atoms with E-state index in [1.807, 2.05) is 0 Å². The van der Waals surface area contributed by atoms with Gasteiger partial charge in [0.2, 0.25) is 5.91 Å². The van der Waals surface area contributed by atoms with E-state index in [-0.39, 0.29) is 0 Å². The first-order valence-electron chi connectivity index (χ1n) is 8.63. The summed E-state index contributed by atoms with van der Waals surface area (Å²) in [6.07, 6.45) is 5.06. The number of nitrogens with zero attached hydrogens (tertiary/aromatic N) is 3. The van der Waals surface area contributed by atoms with E-state index in [0.717, 1.165) is 24.5 Å². The molecule has 2 fully saturated rings. The van der Waals surface area contributed by atoms with Gasteiger partial charge in [-0.3, -0.25) is 19.9 Å². The van der Waals surface area contributed by atoms with Crippen molar-refractivity contribution in [3.8, 4) is 0 Å². The van der Waals surface area contributed by atoms with Crippen LogP contribution in [0.25, 0.3) is 0 Å². The van der Waals surface area contributed by atoms with E-state index in [0.29, 0.717) is 12.2 Å². The Kier molecular flexibility index (Phi) is 5.55. The molecule has 0 spiro atoms. The molecule has 0 bridgehead atoms. The molecule has 1 aromatic rings. The zero-order valence-corrected chi connectivity index (χ0v) is 14.1. The van der Waals surface area contributed by atoms with Crippen molar-refractivity contribution in [1.29, 1.82) is 0 Å². The fourth-order valence-electron chi connectivity index (χ4n) is 3.11. The summed E-state index contributed by atoms with van der Waals surface area (Å²) in [5.74, 6) is -2.26. The number of anilines is 1. The van der Waals surface area contributed by atoms with Crippen molar-refractivity contribution < 1.29 is 14.4 Å². The molecule has 1 N–H and O–H groups in total. The summed E-state index contributed by atoms with van der Waals surface area (Å²) in [6.45, 7) is 3.51. The van der Waals surface area contributed by atoms with Gasteiger partial charge >= 0.3 is 6.03 Å². The number of carbonyl (C=O) groups is 3. The highest BCUT2D eigenvalue weighted by atomic mass is 16.2. The van der Waals surface area contributed by atoms with Gasteiger partial charge in [-0.1, -0.05) is 24.6 Å². The standard InChI is InChI=1S/C18H22N4O3/c23-16-15(13-19-9-12-21-10-5-2-6-11-21)17(24)22(18(25)20-16)14-7-3-1-4-8-14/h1,3-4,7-8,13,15H,2,5-6,9-12H2,(H,20,23,25)/t15-/m0/s1. The van der Waals surface area contributed by atoms with Crippen LogP contribution in [0.4, 0.5) is 10.5 Å². The Bertz CT molecular complexity index is 668. The molecule has 2 aliphatic rings. The van der Waals surface area contributed by atoms with E-state index >= 15 is 0 Å². The number of urea groups is 1. The Hall–Kier alpha value is -2.54. The largest absolute Gasteiger partial charge is 0.335 e. The molecule has 2 aliphatic heterocycles. The van der Waals surface area contributed by atoms with Gasteiger partial charge in [-0.2, -0.15) is 0 Å². The minimum Gasteiger partial charge on any atom is -0.302 e. The monoisotopic (exact) mass is 342 g/mol. The van der Waals surface area contributed by atoms with Crippen LogP contribution in [0.5, 0.6) is 0 Å². The topological polar surface area (TPSA) is 82.1 Å². The van der Waals surface area contributed by atoms with E-state index in [2.05, 4.69) is 15.2 Å². The van der Waals surface area contributed by atoms with Crippen LogP contribution in [-0.2, 0) is 9.59 Å². The van der Waals surface area contributed by atoms with Gasteiger partial charge in [-0.05, 0) is 38.1 Å². The Morgan fingerprint density at radius 1 is 1.08 bits per heavy atom. The summed E-state index contributed by atoms with van der Waals surface area (Å²) < 4.78 is 0. The molecule has 2 heterocycles. The minimum atomic E-state index is -1.07. The first-order valence-corrected chi connectivity index (χ1v) is 8.63. The molecule has 4 amide bonds. The summed E-state index contributed by atoms with van der Waals surface area (Å²) >= 11 is 0. The summed E-state index contributed by atoms with van der Waals surface area (Å²) in [4.78, 5) is 44.2. The summed E-state index contributed by atoms with van der Waals surface area (Å²) in [7, 11) is 0. The van der Waals surface area contributed by atoms with Crippen LogP contribution in [0.3, 0.4) is 0 Å². The predicted molar refractivity (Wildman–Crippen MR) is 94.6 cm³/mol. The number of para-hydroxylation sites is 1. The molecule has 3 rings (SSSR count). The lowest BCUT2D eigenvalue weighted by molar-refractivity contribution is -0.131. The van der Waals surface area contributed by atoms with Crippen LogP contribution in [0.15, 0.2) is 35.3 Å². The van der Waals surface area contributed by atoms with Gasteiger partial charge in [-0.15, -0.1) is 0 Å². The van der Waals surface area contributed by atoms with Gasteiger partial charge in [0.1, 0.15) is 0 Å². The SMILES string of the molecule is O=C1NC(=O)N(c2ccccc2)C(=O)[C@H]1C=NCCN1CCCCC1. The van der Waals surface area contributed by atoms with E-state index in [9.17, 15) is 14.4 Å². The third-order valence-corrected chi connectivity index (χ3v) is 4.47. The second-order valence-corrected chi connectivity index (χ2v) is 6.24. The fourth-order valence-corrected chi connectivity index (χ4v) is 3.11. The van der Waals surface area contributed by atoms with Crippen molar-refractivity contribution in [2.45, 2.75) is 19.3 Å². The van der Waals surface area contributed by atoms with Crippen LogP contribution < -0.4 is 10.2 Å². The highest BCUT2D eigenvalue weighted by molar-refractivity contribution is 6.32. The number of imide groups is 2. The predicted octanol–water partition coefficient (Wildman–Crippen LogP) is 1.44. The molecular formula is C18H22N4O3. The number of barbiturate groups is 1. The molecule has 0 aromatic heterocycles. The van der Waals surface area contributed by atoms with E-state index < -0.39 is 23.8 Å². The molecule has 25 heavy (non-hydrogen) atoms. The quantitative estimate of drug-likeness (QED) is 0.648. The number of rotatable bonds is 5. The number of hydrogen-bond donors (Lipinski definition) is 1. The number of piperidine rings is 1. The number of benzene rings is 1. The average molecular weight is 342 g/mol. The van der Waals surface area contributed by atoms with Crippen molar-refractivity contribution in [1.82, 2.24) is 10.2 Å². The molecule has 0 unspecified atom stereocenters. The van der Waals surface area contributed by atoms with Crippen molar-refractivity contribution >= 4 is 29.7 Å². The third-order valence-electron chi connectivity index (χ3n) is 4.47. The van der Waals surface area contributed by atoms with Crippen LogP contribution >= 0.6 is 0 Å². The second-order valence-electron chi connectivity index (χ2n) is 6.24. The number of carbonyl (C=O) groups excluding carboxylic acids is 3. The Labute approximate surface area is 146 Å². The van der Waals surface area contributed by atoms with Crippen molar-refractivity contribution in [3.63, 3.8) is 0 Å². The summed E-state index contributed by atoms with van der Waals surface area (Å²) in [5, 5.41) is 2.22. The first-order chi connectivity index (χ1) is 12.2. The normalized spacial score (nSPS) is 22.5. The Morgan fingerprint density at radius 2 is 1.80 bits per heavy atom. The molecular weight excluding hydrogens is 320 g/mol. The fraction of sp³-hybridized carbons (Fsp3) is 0.444. The summed E-state index contributed by atoms with van der Waals surface area (Å²) in [6, 6.07) is 7.83. The highest BCUT2D eigenvalue weighted by Gasteiger charge is 2.40. The van der Waals surface area contributed by atoms with Crippen molar-refractivity contribution in [3.05, 3.63) is 30.3 Å². The Morgan fingerprint density at radius 3 is 2.52 bits per heavy atom. The van der Waals surface area contributed by atoms with Gasteiger partial charge in [-0.25, -0.2) is 9.69 Å². The molecule has 132 valence electrons. The lowest BCUT2D eigenvalue weighted by Crippen LogP contribution is -2.58.